The molecule has 0 radical (unpaired) electrons. The molecule has 8 heteroatoms. The summed E-state index contributed by atoms with van der Waals surface area (Å²) in [6.45, 7) is -4.57. The van der Waals surface area contributed by atoms with Crippen LogP contribution in [-0.2, 0) is 38.8 Å². The van der Waals surface area contributed by atoms with E-state index in [1.54, 1.807) is 0 Å². The summed E-state index contributed by atoms with van der Waals surface area (Å²) in [5.41, 5.74) is 2.73. The molecule has 0 spiro atoms. The lowest BCUT2D eigenvalue weighted by atomic mass is 9.75. The van der Waals surface area contributed by atoms with Gasteiger partial charge in [0.25, 0.3) is 0 Å². The van der Waals surface area contributed by atoms with E-state index in [1.165, 1.54) is 0 Å². The average molecular weight is 485 g/mol. The summed E-state index contributed by atoms with van der Waals surface area (Å²) in [4.78, 5) is 0. The van der Waals surface area contributed by atoms with Crippen LogP contribution in [0.15, 0.2) is 91.0 Å². The summed E-state index contributed by atoms with van der Waals surface area (Å²) in [5.74, 6) is 0. The number of benzene rings is 3. The summed E-state index contributed by atoms with van der Waals surface area (Å²) in [5, 5.41) is 0. The molecule has 186 valence electrons. The Labute approximate surface area is 204 Å². The van der Waals surface area contributed by atoms with Gasteiger partial charge in [0.05, 0.1) is 32.5 Å². The Balaban J connectivity index is 1.50. The zero-order valence-electron chi connectivity index (χ0n) is 19.3. The van der Waals surface area contributed by atoms with Crippen LogP contribution in [0.25, 0.3) is 0 Å². The SMILES string of the molecule is F[B-](F)(F)[C@@H]1C[C@@H](OCc2ccccc2)[C@H](OCc2ccccc2)[C@@H](COCc2ccccc2)O1. The molecule has 35 heavy (non-hydrogen) atoms. The maximum Gasteiger partial charge on any atom is 0.506 e. The molecule has 1 aliphatic heterocycles. The van der Waals surface area contributed by atoms with Crippen LogP contribution in [0.3, 0.4) is 0 Å². The van der Waals surface area contributed by atoms with E-state index in [2.05, 4.69) is 0 Å². The van der Waals surface area contributed by atoms with Gasteiger partial charge in [-0.2, -0.15) is 0 Å². The zero-order valence-corrected chi connectivity index (χ0v) is 19.3. The molecule has 4 nitrogen and oxygen atoms in total. The van der Waals surface area contributed by atoms with Gasteiger partial charge in [-0.05, 0) is 23.1 Å². The molecule has 0 saturated carbocycles. The van der Waals surface area contributed by atoms with Gasteiger partial charge in [-0.1, -0.05) is 91.0 Å². The van der Waals surface area contributed by atoms with Crippen molar-refractivity contribution in [2.24, 2.45) is 0 Å². The van der Waals surface area contributed by atoms with Gasteiger partial charge in [-0.25, -0.2) is 0 Å². The van der Waals surface area contributed by atoms with Gasteiger partial charge in [0, 0.05) is 6.00 Å². The van der Waals surface area contributed by atoms with E-state index in [0.717, 1.165) is 16.7 Å². The fourth-order valence-electron chi connectivity index (χ4n) is 4.13. The molecule has 3 aromatic carbocycles. The highest BCUT2D eigenvalue weighted by atomic mass is 19.4. The van der Waals surface area contributed by atoms with Crippen molar-refractivity contribution < 1.29 is 31.9 Å². The zero-order chi connectivity index (χ0) is 24.5. The Bertz CT molecular complexity index is 1010. The molecule has 1 aliphatic rings. The van der Waals surface area contributed by atoms with E-state index < -0.39 is 31.3 Å². The summed E-state index contributed by atoms with van der Waals surface area (Å²) in [7, 11) is 0. The molecule has 4 rings (SSSR count). The van der Waals surface area contributed by atoms with Crippen LogP contribution in [0.1, 0.15) is 23.1 Å². The van der Waals surface area contributed by atoms with Crippen molar-refractivity contribution in [2.75, 3.05) is 6.61 Å². The fourth-order valence-corrected chi connectivity index (χ4v) is 4.13. The molecule has 1 heterocycles. The summed E-state index contributed by atoms with van der Waals surface area (Å²) in [6, 6.07) is 26.5. The first-order valence-electron chi connectivity index (χ1n) is 11.8. The molecule has 0 aromatic heterocycles. The van der Waals surface area contributed by atoms with Gasteiger partial charge in [0.1, 0.15) is 12.2 Å². The smallest absolute Gasteiger partial charge is 0.447 e. The molecule has 0 aliphatic carbocycles. The predicted octanol–water partition coefficient (Wildman–Crippen LogP) is 5.92. The van der Waals surface area contributed by atoms with Crippen molar-refractivity contribution in [2.45, 2.75) is 50.6 Å². The van der Waals surface area contributed by atoms with E-state index in [9.17, 15) is 12.9 Å². The second-order valence-corrected chi connectivity index (χ2v) is 8.67. The first-order chi connectivity index (χ1) is 17.0. The van der Waals surface area contributed by atoms with E-state index in [-0.39, 0.29) is 32.8 Å². The standard InChI is InChI=1S/C27H29BF3O4/c29-28(30,31)26-16-24(33-18-22-12-6-2-7-13-22)27(34-19-23-14-8-3-9-15-23)25(35-26)20-32-17-21-10-4-1-5-11-21/h1-15,24-27H,16-20H2/q-1/t24-,25-,26+,27+/m1/s1. The number of rotatable bonds is 11. The molecular weight excluding hydrogens is 456 g/mol. The summed E-state index contributed by atoms with van der Waals surface area (Å²) < 4.78 is 65.0. The van der Waals surface area contributed by atoms with Crippen LogP contribution in [0.4, 0.5) is 12.9 Å². The minimum absolute atomic E-state index is 0.0395. The van der Waals surface area contributed by atoms with Crippen LogP contribution >= 0.6 is 0 Å². The highest BCUT2D eigenvalue weighted by molar-refractivity contribution is 6.60. The minimum Gasteiger partial charge on any atom is -0.447 e. The molecule has 0 bridgehead atoms. The maximum atomic E-state index is 13.8. The van der Waals surface area contributed by atoms with Gasteiger partial charge >= 0.3 is 6.98 Å². The third kappa shape index (κ3) is 7.67. The first kappa shape index (κ1) is 25.4. The predicted molar refractivity (Wildman–Crippen MR) is 128 cm³/mol. The van der Waals surface area contributed by atoms with Crippen molar-refractivity contribution in [3.63, 3.8) is 0 Å². The van der Waals surface area contributed by atoms with Gasteiger partial charge < -0.3 is 31.9 Å². The molecule has 1 fully saturated rings. The van der Waals surface area contributed by atoms with Gasteiger partial charge in [-0.15, -0.1) is 0 Å². The number of hydrogen-bond acceptors (Lipinski definition) is 4. The highest BCUT2D eigenvalue weighted by Gasteiger charge is 2.47. The molecule has 0 unspecified atom stereocenters. The fraction of sp³-hybridized carbons (Fsp3) is 0.333. The summed E-state index contributed by atoms with van der Waals surface area (Å²) >= 11 is 0. The second-order valence-electron chi connectivity index (χ2n) is 8.67. The van der Waals surface area contributed by atoms with Crippen LogP contribution in [0.2, 0.25) is 0 Å². The lowest BCUT2D eigenvalue weighted by Gasteiger charge is -2.44. The molecule has 0 amide bonds. The van der Waals surface area contributed by atoms with E-state index >= 15 is 0 Å². The lowest BCUT2D eigenvalue weighted by Crippen LogP contribution is -2.57. The summed E-state index contributed by atoms with van der Waals surface area (Å²) in [6.07, 6.45) is -2.76. The van der Waals surface area contributed by atoms with Crippen molar-refractivity contribution in [1.82, 2.24) is 0 Å². The molecular formula is C27H29BF3O4-. The normalized spacial score (nSPS) is 22.7. The topological polar surface area (TPSA) is 36.9 Å². The van der Waals surface area contributed by atoms with Crippen molar-refractivity contribution in [3.05, 3.63) is 108 Å². The largest absolute Gasteiger partial charge is 0.506 e. The van der Waals surface area contributed by atoms with Gasteiger partial charge in [0.15, 0.2) is 0 Å². The van der Waals surface area contributed by atoms with E-state index in [1.807, 2.05) is 91.0 Å². The molecule has 4 atom stereocenters. The lowest BCUT2D eigenvalue weighted by molar-refractivity contribution is -0.211. The van der Waals surface area contributed by atoms with Gasteiger partial charge in [-0.3, -0.25) is 0 Å². The Morgan fingerprint density at radius 1 is 0.686 bits per heavy atom. The quantitative estimate of drug-likeness (QED) is 0.316. The molecule has 3 aromatic rings. The van der Waals surface area contributed by atoms with Crippen LogP contribution in [0.5, 0.6) is 0 Å². The van der Waals surface area contributed by atoms with Crippen molar-refractivity contribution >= 4 is 6.98 Å². The van der Waals surface area contributed by atoms with Crippen LogP contribution < -0.4 is 0 Å². The number of hydrogen-bond donors (Lipinski definition) is 0. The third-order valence-electron chi connectivity index (χ3n) is 5.95. The van der Waals surface area contributed by atoms with Crippen LogP contribution in [-0.4, -0.2) is 37.9 Å². The Morgan fingerprint density at radius 2 is 1.17 bits per heavy atom. The van der Waals surface area contributed by atoms with E-state index in [4.69, 9.17) is 18.9 Å². The second kappa shape index (κ2) is 12.4. The van der Waals surface area contributed by atoms with E-state index in [0.29, 0.717) is 0 Å². The number of ether oxygens (including phenoxy) is 4. The monoisotopic (exact) mass is 485 g/mol. The van der Waals surface area contributed by atoms with Gasteiger partial charge in [0.2, 0.25) is 0 Å². The molecule has 1 saturated heterocycles. The average Bonchev–Trinajstić information content (AvgIpc) is 2.88. The van der Waals surface area contributed by atoms with Crippen molar-refractivity contribution in [1.29, 1.82) is 0 Å². The minimum atomic E-state index is -5.22. The maximum absolute atomic E-state index is 13.8. The molecule has 0 N–H and O–H groups in total. The first-order valence-corrected chi connectivity index (χ1v) is 11.8. The third-order valence-corrected chi connectivity index (χ3v) is 5.95. The Hall–Kier alpha value is -2.65. The van der Waals surface area contributed by atoms with Crippen LogP contribution in [0, 0.1) is 0 Å². The van der Waals surface area contributed by atoms with Crippen molar-refractivity contribution in [3.8, 4) is 0 Å². The highest BCUT2D eigenvalue weighted by Crippen LogP contribution is 2.33. The Kier molecular flexibility index (Phi) is 8.98. The number of halogens is 3. The Morgan fingerprint density at radius 3 is 1.69 bits per heavy atom.